The van der Waals surface area contributed by atoms with E-state index in [9.17, 15) is 14.4 Å². The van der Waals surface area contributed by atoms with Gasteiger partial charge >= 0.3 is 0 Å². The van der Waals surface area contributed by atoms with Crippen molar-refractivity contribution in [2.45, 2.75) is 83.9 Å². The van der Waals surface area contributed by atoms with Crippen LogP contribution in [0.4, 0.5) is 11.4 Å². The van der Waals surface area contributed by atoms with Crippen LogP contribution in [0.3, 0.4) is 0 Å². The van der Waals surface area contributed by atoms with Crippen molar-refractivity contribution in [2.75, 3.05) is 23.8 Å². The first-order valence-electron chi connectivity index (χ1n) is 15.2. The molecule has 1 saturated carbocycles. The number of hydrogen-bond acceptors (Lipinski definition) is 7. The Hall–Kier alpha value is -3.76. The van der Waals surface area contributed by atoms with Crippen LogP contribution in [0.1, 0.15) is 93.4 Å². The maximum Gasteiger partial charge on any atom is 0.273 e. The molecule has 228 valence electrons. The fraction of sp³-hybridized carbons (Fsp3) is 0.455. The minimum Gasteiger partial charge on any atom is -0.395 e. The monoisotopic (exact) mass is 603 g/mol. The van der Waals surface area contributed by atoms with Gasteiger partial charge < -0.3 is 21.1 Å². The summed E-state index contributed by atoms with van der Waals surface area (Å²) in [5.74, 6) is -1.19. The largest absolute Gasteiger partial charge is 0.395 e. The highest BCUT2D eigenvalue weighted by Crippen LogP contribution is 2.35. The van der Waals surface area contributed by atoms with Gasteiger partial charge in [-0.15, -0.1) is 0 Å². The molecule has 0 bridgehead atoms. The lowest BCUT2D eigenvalue weighted by molar-refractivity contribution is -0.123. The number of aromatic nitrogens is 1. The number of amides is 3. The van der Waals surface area contributed by atoms with Gasteiger partial charge in [-0.25, -0.2) is 0 Å². The molecular formula is C33H41N5O4S. The van der Waals surface area contributed by atoms with E-state index in [1.54, 1.807) is 0 Å². The minimum atomic E-state index is -1.00. The fourth-order valence-corrected chi connectivity index (χ4v) is 6.59. The molecule has 3 amide bonds. The Bertz CT molecular complexity index is 1460. The van der Waals surface area contributed by atoms with E-state index in [1.807, 2.05) is 63.2 Å². The fourth-order valence-electron chi connectivity index (χ4n) is 5.85. The molecule has 0 radical (unpaired) electrons. The third kappa shape index (κ3) is 7.08. The second kappa shape index (κ2) is 13.7. The number of nitrogens with two attached hydrogens (primary N) is 1. The predicted molar refractivity (Wildman–Crippen MR) is 169 cm³/mol. The molecule has 0 unspecified atom stereocenters. The highest BCUT2D eigenvalue weighted by molar-refractivity contribution is 7.09. The number of carbonyl (C=O) groups excluding carboxylic acids is 3. The van der Waals surface area contributed by atoms with Crippen molar-refractivity contribution in [1.29, 1.82) is 0 Å². The minimum absolute atomic E-state index is 0.0287. The Balaban J connectivity index is 1.54. The van der Waals surface area contributed by atoms with Gasteiger partial charge in [0.1, 0.15) is 10.9 Å². The van der Waals surface area contributed by atoms with Crippen molar-refractivity contribution in [3.8, 4) is 0 Å². The zero-order valence-electron chi connectivity index (χ0n) is 25.2. The summed E-state index contributed by atoms with van der Waals surface area (Å²) in [6.07, 6.45) is 6.91. The maximum absolute atomic E-state index is 14.6. The van der Waals surface area contributed by atoms with Crippen LogP contribution in [-0.4, -0.2) is 47.4 Å². The van der Waals surface area contributed by atoms with E-state index in [2.05, 4.69) is 15.0 Å². The van der Waals surface area contributed by atoms with Crippen LogP contribution in [0.15, 0.2) is 42.5 Å². The molecule has 1 aliphatic heterocycles. The molecule has 2 atom stereocenters. The number of carbonyl (C=O) groups is 3. The summed E-state index contributed by atoms with van der Waals surface area (Å²) in [6.45, 7) is 6.85. The molecule has 10 heteroatoms. The van der Waals surface area contributed by atoms with Gasteiger partial charge in [0.2, 0.25) is 5.91 Å². The molecule has 4 N–H and O–H groups in total. The van der Waals surface area contributed by atoms with Crippen LogP contribution < -0.4 is 21.3 Å². The third-order valence-corrected chi connectivity index (χ3v) is 9.20. The van der Waals surface area contributed by atoms with E-state index in [0.717, 1.165) is 66.7 Å². The molecule has 2 heterocycles. The Kier molecular flexibility index (Phi) is 9.77. The van der Waals surface area contributed by atoms with Crippen LogP contribution in [0, 0.1) is 20.8 Å². The number of aryl methyl sites for hydroxylation is 3. The molecule has 1 aromatic heterocycles. The summed E-state index contributed by atoms with van der Waals surface area (Å²) in [6, 6.07) is 12.5. The van der Waals surface area contributed by atoms with Crippen molar-refractivity contribution in [3.05, 3.63) is 75.3 Å². The summed E-state index contributed by atoms with van der Waals surface area (Å²) >= 11 is 0.889. The van der Waals surface area contributed by atoms with Gasteiger partial charge in [0.15, 0.2) is 5.69 Å². The van der Waals surface area contributed by atoms with Crippen molar-refractivity contribution >= 4 is 40.6 Å². The molecular weight excluding hydrogens is 562 g/mol. The van der Waals surface area contributed by atoms with Crippen LogP contribution >= 0.6 is 11.5 Å². The number of rotatable bonds is 9. The van der Waals surface area contributed by atoms with E-state index in [4.69, 9.17) is 10.5 Å². The molecule has 2 fully saturated rings. The Morgan fingerprint density at radius 1 is 1.00 bits per heavy atom. The SMILES string of the molecule is Cc1ccc([C@@H](C(=O)NC[C@@H]2CCCO2)N(C(=O)c2snc(C(=O)NC3CCCCC3)c2N)c2cc(C)ccc2C)cc1. The van der Waals surface area contributed by atoms with Crippen molar-refractivity contribution in [2.24, 2.45) is 0 Å². The molecule has 3 aromatic rings. The van der Waals surface area contributed by atoms with E-state index < -0.39 is 11.9 Å². The molecule has 1 saturated heterocycles. The second-order valence-electron chi connectivity index (χ2n) is 11.7. The van der Waals surface area contributed by atoms with Crippen molar-refractivity contribution in [1.82, 2.24) is 15.0 Å². The molecule has 0 spiro atoms. The number of nitrogen functional groups attached to an aromatic ring is 1. The molecule has 2 aromatic carbocycles. The molecule has 2 aliphatic rings. The number of nitrogens with one attached hydrogen (secondary N) is 2. The number of hydrogen-bond donors (Lipinski definition) is 3. The highest BCUT2D eigenvalue weighted by Gasteiger charge is 2.37. The van der Waals surface area contributed by atoms with Crippen LogP contribution in [0.25, 0.3) is 0 Å². The lowest BCUT2D eigenvalue weighted by Crippen LogP contribution is -2.46. The molecule has 5 rings (SSSR count). The normalized spacial score (nSPS) is 17.8. The smallest absolute Gasteiger partial charge is 0.273 e. The summed E-state index contributed by atoms with van der Waals surface area (Å²) in [7, 11) is 0. The van der Waals surface area contributed by atoms with Crippen LogP contribution in [-0.2, 0) is 9.53 Å². The number of anilines is 2. The topological polar surface area (TPSA) is 127 Å². The van der Waals surface area contributed by atoms with Gasteiger partial charge in [0, 0.05) is 24.9 Å². The first kappa shape index (κ1) is 30.7. The Labute approximate surface area is 257 Å². The number of ether oxygens (including phenoxy) is 1. The molecule has 9 nitrogen and oxygen atoms in total. The lowest BCUT2D eigenvalue weighted by Gasteiger charge is -2.33. The van der Waals surface area contributed by atoms with Gasteiger partial charge in [0.05, 0.1) is 11.8 Å². The van der Waals surface area contributed by atoms with Gasteiger partial charge in [0.25, 0.3) is 11.8 Å². The molecule has 43 heavy (non-hydrogen) atoms. The first-order chi connectivity index (χ1) is 20.7. The second-order valence-corrected chi connectivity index (χ2v) is 12.5. The van der Waals surface area contributed by atoms with Gasteiger partial charge in [-0.05, 0) is 80.7 Å². The average molecular weight is 604 g/mol. The summed E-state index contributed by atoms with van der Waals surface area (Å²) in [4.78, 5) is 43.5. The highest BCUT2D eigenvalue weighted by atomic mass is 32.1. The quantitative estimate of drug-likeness (QED) is 0.301. The third-order valence-electron chi connectivity index (χ3n) is 8.35. The zero-order valence-corrected chi connectivity index (χ0v) is 26.0. The van der Waals surface area contributed by atoms with Crippen LogP contribution in [0.2, 0.25) is 0 Å². The van der Waals surface area contributed by atoms with Gasteiger partial charge in [-0.1, -0.05) is 61.2 Å². The number of benzene rings is 2. The first-order valence-corrected chi connectivity index (χ1v) is 15.9. The predicted octanol–water partition coefficient (Wildman–Crippen LogP) is 5.40. The van der Waals surface area contributed by atoms with Gasteiger partial charge in [-0.2, -0.15) is 4.37 Å². The maximum atomic E-state index is 14.6. The number of nitrogens with zero attached hydrogens (tertiary/aromatic N) is 2. The Morgan fingerprint density at radius 2 is 1.72 bits per heavy atom. The standard InChI is InChI=1S/C33H41N5O4S/c1-20-12-15-23(16-13-20)29(32(40)35-19-25-10-7-17-42-25)38(26-18-21(2)11-14-22(26)3)33(41)30-27(34)28(37-43-30)31(39)36-24-8-5-4-6-9-24/h11-16,18,24-25,29H,4-10,17,19,34H2,1-3H3,(H,35,40)(H,36,39)/t25-,29-/m0/s1. The van der Waals surface area contributed by atoms with E-state index in [0.29, 0.717) is 24.4 Å². The van der Waals surface area contributed by atoms with Crippen LogP contribution in [0.5, 0.6) is 0 Å². The average Bonchev–Trinajstić information content (AvgIpc) is 3.67. The molecule has 1 aliphatic carbocycles. The summed E-state index contributed by atoms with van der Waals surface area (Å²) in [5.41, 5.74) is 10.6. The lowest BCUT2D eigenvalue weighted by atomic mass is 9.95. The van der Waals surface area contributed by atoms with E-state index in [1.165, 1.54) is 11.3 Å². The summed E-state index contributed by atoms with van der Waals surface area (Å²) < 4.78 is 10.1. The van der Waals surface area contributed by atoms with E-state index in [-0.39, 0.29) is 40.2 Å². The van der Waals surface area contributed by atoms with E-state index >= 15 is 0 Å². The zero-order chi connectivity index (χ0) is 30.5. The summed E-state index contributed by atoms with van der Waals surface area (Å²) in [5, 5.41) is 6.09. The van der Waals surface area contributed by atoms with Gasteiger partial charge in [-0.3, -0.25) is 19.3 Å². The Morgan fingerprint density at radius 3 is 2.42 bits per heavy atom. The van der Waals surface area contributed by atoms with Crippen molar-refractivity contribution in [3.63, 3.8) is 0 Å². The van der Waals surface area contributed by atoms with Crippen molar-refractivity contribution < 1.29 is 19.1 Å².